The van der Waals surface area contributed by atoms with Crippen molar-refractivity contribution in [3.8, 4) is 0 Å². The van der Waals surface area contributed by atoms with Gasteiger partial charge in [-0.3, -0.25) is 0 Å². The van der Waals surface area contributed by atoms with Crippen molar-refractivity contribution in [1.29, 1.82) is 0 Å². The van der Waals surface area contributed by atoms with Gasteiger partial charge in [0.1, 0.15) is 12.4 Å². The molecule has 1 heterocycles. The van der Waals surface area contributed by atoms with Crippen LogP contribution in [0.15, 0.2) is 47.1 Å². The van der Waals surface area contributed by atoms with E-state index in [1.165, 1.54) is 0 Å². The lowest BCUT2D eigenvalue weighted by Crippen LogP contribution is -2.32. The molecule has 2 rings (SSSR count). The first-order valence-corrected chi connectivity index (χ1v) is 7.30. The number of hydrogen-bond acceptors (Lipinski definition) is 4. The van der Waals surface area contributed by atoms with Crippen molar-refractivity contribution >= 4 is 11.6 Å². The summed E-state index contributed by atoms with van der Waals surface area (Å²) in [7, 11) is 0. The molecule has 0 saturated carbocycles. The summed E-state index contributed by atoms with van der Waals surface area (Å²) in [6, 6.07) is 11.4. The van der Waals surface area contributed by atoms with Crippen LogP contribution in [0.25, 0.3) is 0 Å². The van der Waals surface area contributed by atoms with Gasteiger partial charge in [-0.2, -0.15) is 0 Å². The number of ether oxygens (including phenoxy) is 1. The molecule has 2 unspecified atom stereocenters. The molecule has 2 atom stereocenters. The molecule has 0 saturated heterocycles. The number of benzene rings is 1. The summed E-state index contributed by atoms with van der Waals surface area (Å²) in [5.74, 6) is 0.752. The second-order valence-electron chi connectivity index (χ2n) is 4.93. The summed E-state index contributed by atoms with van der Waals surface area (Å²) in [6.07, 6.45) is 1.03. The fourth-order valence-electron chi connectivity index (χ4n) is 1.96. The van der Waals surface area contributed by atoms with Gasteiger partial charge < -0.3 is 19.6 Å². The zero-order valence-electron chi connectivity index (χ0n) is 12.0. The Morgan fingerprint density at radius 1 is 1.33 bits per heavy atom. The molecular formula is C16H20ClNO3. The largest absolute Gasteiger partial charge is 0.467 e. The molecule has 0 amide bonds. The van der Waals surface area contributed by atoms with E-state index in [2.05, 4.69) is 5.32 Å². The average Bonchev–Trinajstić information content (AvgIpc) is 2.98. The molecule has 1 aromatic heterocycles. The molecule has 21 heavy (non-hydrogen) atoms. The highest BCUT2D eigenvalue weighted by Crippen LogP contribution is 2.17. The van der Waals surface area contributed by atoms with E-state index >= 15 is 0 Å². The van der Waals surface area contributed by atoms with E-state index in [1.807, 2.05) is 43.3 Å². The molecule has 0 fully saturated rings. The Morgan fingerprint density at radius 3 is 2.90 bits per heavy atom. The molecule has 1 aromatic carbocycles. The lowest BCUT2D eigenvalue weighted by molar-refractivity contribution is 0.0217. The first kappa shape index (κ1) is 16.0. The van der Waals surface area contributed by atoms with Gasteiger partial charge in [0, 0.05) is 17.6 Å². The van der Waals surface area contributed by atoms with Gasteiger partial charge in [-0.25, -0.2) is 0 Å². The number of rotatable bonds is 8. The first-order chi connectivity index (χ1) is 10.1. The molecule has 0 spiro atoms. The van der Waals surface area contributed by atoms with E-state index in [-0.39, 0.29) is 12.6 Å². The predicted octanol–water partition coefficient (Wildman–Crippen LogP) is 3.16. The van der Waals surface area contributed by atoms with Crippen LogP contribution in [0, 0.1) is 0 Å². The standard InChI is InChI=1S/C16H20ClNO3/c1-12(13-4-2-5-14(17)8-13)18-9-15(19)10-20-11-16-6-3-7-21-16/h2-8,12,15,18-19H,9-11H2,1H3. The van der Waals surface area contributed by atoms with Crippen LogP contribution in [0.5, 0.6) is 0 Å². The van der Waals surface area contributed by atoms with Crippen molar-refractivity contribution in [2.75, 3.05) is 13.2 Å². The van der Waals surface area contributed by atoms with Crippen molar-refractivity contribution in [2.45, 2.75) is 25.7 Å². The monoisotopic (exact) mass is 309 g/mol. The van der Waals surface area contributed by atoms with E-state index in [9.17, 15) is 5.11 Å². The normalized spacial score (nSPS) is 14.0. The second kappa shape index (κ2) is 8.20. The molecule has 0 aliphatic rings. The lowest BCUT2D eigenvalue weighted by Gasteiger charge is -2.17. The van der Waals surface area contributed by atoms with Crippen LogP contribution in [0.3, 0.4) is 0 Å². The Bertz CT molecular complexity index is 530. The topological polar surface area (TPSA) is 54.6 Å². The highest BCUT2D eigenvalue weighted by Gasteiger charge is 2.09. The van der Waals surface area contributed by atoms with Crippen molar-refractivity contribution in [2.24, 2.45) is 0 Å². The molecule has 114 valence electrons. The molecule has 0 radical (unpaired) electrons. The summed E-state index contributed by atoms with van der Waals surface area (Å²) in [6.45, 7) is 3.11. The predicted molar refractivity (Wildman–Crippen MR) is 82.2 cm³/mol. The van der Waals surface area contributed by atoms with Crippen molar-refractivity contribution in [1.82, 2.24) is 5.32 Å². The Hall–Kier alpha value is -1.33. The van der Waals surface area contributed by atoms with E-state index < -0.39 is 6.10 Å². The van der Waals surface area contributed by atoms with Gasteiger partial charge in [0.05, 0.1) is 19.0 Å². The fourth-order valence-corrected chi connectivity index (χ4v) is 2.15. The number of furan rings is 1. The third-order valence-electron chi connectivity index (χ3n) is 3.14. The van der Waals surface area contributed by atoms with Crippen LogP contribution >= 0.6 is 11.6 Å². The first-order valence-electron chi connectivity index (χ1n) is 6.92. The van der Waals surface area contributed by atoms with Crippen LogP contribution in [0.2, 0.25) is 5.02 Å². The molecule has 0 bridgehead atoms. The minimum atomic E-state index is -0.568. The fraction of sp³-hybridized carbons (Fsp3) is 0.375. The Balaban J connectivity index is 1.67. The van der Waals surface area contributed by atoms with Crippen LogP contribution in [0.4, 0.5) is 0 Å². The quantitative estimate of drug-likeness (QED) is 0.786. The SMILES string of the molecule is CC(NCC(O)COCc1ccco1)c1cccc(Cl)c1. The molecule has 0 aliphatic carbocycles. The van der Waals surface area contributed by atoms with Gasteiger partial charge in [0.15, 0.2) is 0 Å². The molecule has 2 aromatic rings. The third-order valence-corrected chi connectivity index (χ3v) is 3.38. The molecule has 2 N–H and O–H groups in total. The summed E-state index contributed by atoms with van der Waals surface area (Å²) in [5.41, 5.74) is 1.09. The van der Waals surface area contributed by atoms with E-state index in [4.69, 9.17) is 20.8 Å². The van der Waals surface area contributed by atoms with Gasteiger partial charge in [-0.05, 0) is 36.8 Å². The molecule has 0 aliphatic heterocycles. The zero-order chi connectivity index (χ0) is 15.1. The maximum absolute atomic E-state index is 9.88. The maximum Gasteiger partial charge on any atom is 0.129 e. The number of aliphatic hydroxyl groups is 1. The van der Waals surface area contributed by atoms with Crippen molar-refractivity contribution < 1.29 is 14.3 Å². The third kappa shape index (κ3) is 5.52. The van der Waals surface area contributed by atoms with Gasteiger partial charge in [0.25, 0.3) is 0 Å². The minimum absolute atomic E-state index is 0.114. The highest BCUT2D eigenvalue weighted by molar-refractivity contribution is 6.30. The van der Waals surface area contributed by atoms with E-state index in [0.717, 1.165) is 11.3 Å². The number of aliphatic hydroxyl groups excluding tert-OH is 1. The summed E-state index contributed by atoms with van der Waals surface area (Å²) in [5, 5.41) is 13.9. The Labute approximate surface area is 129 Å². The van der Waals surface area contributed by atoms with Gasteiger partial charge >= 0.3 is 0 Å². The van der Waals surface area contributed by atoms with E-state index in [1.54, 1.807) is 6.26 Å². The van der Waals surface area contributed by atoms with Crippen molar-refractivity contribution in [3.63, 3.8) is 0 Å². The number of hydrogen-bond donors (Lipinski definition) is 2. The number of nitrogens with one attached hydrogen (secondary N) is 1. The smallest absolute Gasteiger partial charge is 0.129 e. The summed E-state index contributed by atoms with van der Waals surface area (Å²) < 4.78 is 10.5. The second-order valence-corrected chi connectivity index (χ2v) is 5.37. The summed E-state index contributed by atoms with van der Waals surface area (Å²) in [4.78, 5) is 0. The zero-order valence-corrected chi connectivity index (χ0v) is 12.7. The average molecular weight is 310 g/mol. The molecule has 5 heteroatoms. The highest BCUT2D eigenvalue weighted by atomic mass is 35.5. The van der Waals surface area contributed by atoms with Gasteiger partial charge in [-0.15, -0.1) is 0 Å². The van der Waals surface area contributed by atoms with Crippen LogP contribution < -0.4 is 5.32 Å². The van der Waals surface area contributed by atoms with Crippen molar-refractivity contribution in [3.05, 3.63) is 59.0 Å². The Kier molecular flexibility index (Phi) is 6.26. The molecule has 4 nitrogen and oxygen atoms in total. The summed E-state index contributed by atoms with van der Waals surface area (Å²) >= 11 is 5.96. The van der Waals surface area contributed by atoms with Gasteiger partial charge in [-0.1, -0.05) is 23.7 Å². The van der Waals surface area contributed by atoms with Gasteiger partial charge in [0.2, 0.25) is 0 Å². The number of halogens is 1. The van der Waals surface area contributed by atoms with Crippen LogP contribution in [-0.4, -0.2) is 24.4 Å². The molecular weight excluding hydrogens is 290 g/mol. The minimum Gasteiger partial charge on any atom is -0.467 e. The van der Waals surface area contributed by atoms with E-state index in [0.29, 0.717) is 18.2 Å². The Morgan fingerprint density at radius 2 is 2.19 bits per heavy atom. The van der Waals surface area contributed by atoms with Crippen LogP contribution in [0.1, 0.15) is 24.3 Å². The van der Waals surface area contributed by atoms with Crippen LogP contribution in [-0.2, 0) is 11.3 Å². The maximum atomic E-state index is 9.88. The lowest BCUT2D eigenvalue weighted by atomic mass is 10.1.